The van der Waals surface area contributed by atoms with Crippen LogP contribution in [0.15, 0.2) is 23.1 Å². The third-order valence-electron chi connectivity index (χ3n) is 2.57. The zero-order chi connectivity index (χ0) is 12.6. The summed E-state index contributed by atoms with van der Waals surface area (Å²) in [6.07, 6.45) is 1.18. The van der Waals surface area contributed by atoms with Gasteiger partial charge in [0.05, 0.1) is 10.6 Å². The lowest BCUT2D eigenvalue weighted by molar-refractivity contribution is -0.123. The Bertz CT molecular complexity index is 565. The van der Waals surface area contributed by atoms with Gasteiger partial charge in [-0.15, -0.1) is 0 Å². The van der Waals surface area contributed by atoms with E-state index in [1.54, 1.807) is 6.07 Å². The maximum atomic E-state index is 11.6. The molecule has 1 atom stereocenters. The SMILES string of the molecule is CCC1Oc2ccc(S(C)(=O)=O)cc2NC1=O. The molecule has 6 heteroatoms. The summed E-state index contributed by atoms with van der Waals surface area (Å²) in [7, 11) is -3.28. The molecule has 1 aliphatic heterocycles. The van der Waals surface area contributed by atoms with E-state index in [0.29, 0.717) is 17.9 Å². The smallest absolute Gasteiger partial charge is 0.265 e. The molecule has 2 rings (SSSR count). The highest BCUT2D eigenvalue weighted by molar-refractivity contribution is 7.90. The first-order valence-corrected chi connectivity index (χ1v) is 7.12. The highest BCUT2D eigenvalue weighted by Gasteiger charge is 2.26. The van der Waals surface area contributed by atoms with E-state index < -0.39 is 15.9 Å². The van der Waals surface area contributed by atoms with Crippen LogP contribution in [0.2, 0.25) is 0 Å². The zero-order valence-corrected chi connectivity index (χ0v) is 10.4. The first-order chi connectivity index (χ1) is 7.91. The second kappa shape index (κ2) is 4.03. The topological polar surface area (TPSA) is 72.5 Å². The molecule has 1 heterocycles. The van der Waals surface area contributed by atoms with Crippen LogP contribution in [0.4, 0.5) is 5.69 Å². The number of benzene rings is 1. The van der Waals surface area contributed by atoms with E-state index in [1.807, 2.05) is 6.92 Å². The van der Waals surface area contributed by atoms with Gasteiger partial charge in [-0.1, -0.05) is 6.92 Å². The van der Waals surface area contributed by atoms with E-state index >= 15 is 0 Å². The van der Waals surface area contributed by atoms with E-state index in [2.05, 4.69) is 5.32 Å². The van der Waals surface area contributed by atoms with Crippen molar-refractivity contribution in [1.29, 1.82) is 0 Å². The number of nitrogens with one attached hydrogen (secondary N) is 1. The molecular weight excluding hydrogens is 242 g/mol. The van der Waals surface area contributed by atoms with Gasteiger partial charge in [0, 0.05) is 6.26 Å². The summed E-state index contributed by atoms with van der Waals surface area (Å²) in [4.78, 5) is 11.7. The van der Waals surface area contributed by atoms with Crippen molar-refractivity contribution in [2.24, 2.45) is 0 Å². The van der Waals surface area contributed by atoms with Gasteiger partial charge in [0.2, 0.25) is 0 Å². The molecule has 1 aliphatic rings. The minimum Gasteiger partial charge on any atom is -0.478 e. The van der Waals surface area contributed by atoms with E-state index in [9.17, 15) is 13.2 Å². The molecule has 1 aromatic rings. The molecule has 0 radical (unpaired) electrons. The first kappa shape index (κ1) is 11.9. The molecule has 0 fully saturated rings. The number of sulfone groups is 1. The molecule has 5 nitrogen and oxygen atoms in total. The van der Waals surface area contributed by atoms with Crippen molar-refractivity contribution in [1.82, 2.24) is 0 Å². The van der Waals surface area contributed by atoms with Crippen molar-refractivity contribution in [2.45, 2.75) is 24.3 Å². The second-order valence-corrected chi connectivity index (χ2v) is 5.95. The Morgan fingerprint density at radius 2 is 2.12 bits per heavy atom. The number of hydrogen-bond acceptors (Lipinski definition) is 4. The summed E-state index contributed by atoms with van der Waals surface area (Å²) in [6.45, 7) is 1.85. The van der Waals surface area contributed by atoms with Gasteiger partial charge >= 0.3 is 0 Å². The monoisotopic (exact) mass is 255 g/mol. The van der Waals surface area contributed by atoms with Crippen LogP contribution in [0.1, 0.15) is 13.3 Å². The van der Waals surface area contributed by atoms with Crippen LogP contribution < -0.4 is 10.1 Å². The lowest BCUT2D eigenvalue weighted by atomic mass is 10.2. The number of carbonyl (C=O) groups excluding carboxylic acids is 1. The number of hydrogen-bond donors (Lipinski definition) is 1. The van der Waals surface area contributed by atoms with Gasteiger partial charge in [0.25, 0.3) is 5.91 Å². The number of rotatable bonds is 2. The number of anilines is 1. The van der Waals surface area contributed by atoms with Crippen molar-refractivity contribution in [3.05, 3.63) is 18.2 Å². The molecule has 1 unspecified atom stereocenters. The Hall–Kier alpha value is -1.56. The number of carbonyl (C=O) groups is 1. The Balaban J connectivity index is 2.43. The molecular formula is C11H13NO4S. The summed E-state index contributed by atoms with van der Waals surface area (Å²) < 4.78 is 28.2. The van der Waals surface area contributed by atoms with Gasteiger partial charge in [0.15, 0.2) is 15.9 Å². The third kappa shape index (κ3) is 2.26. The molecule has 0 aromatic heterocycles. The fourth-order valence-corrected chi connectivity index (χ4v) is 2.28. The molecule has 0 saturated carbocycles. The Labute approximate surface area is 99.7 Å². The lowest BCUT2D eigenvalue weighted by Crippen LogP contribution is -2.36. The molecule has 92 valence electrons. The molecule has 0 aliphatic carbocycles. The maximum absolute atomic E-state index is 11.6. The molecule has 1 amide bonds. The van der Waals surface area contributed by atoms with Gasteiger partial charge in [-0.05, 0) is 24.6 Å². The standard InChI is InChI=1S/C11H13NO4S/c1-3-9-11(13)12-8-6-7(17(2,14)15)4-5-10(8)16-9/h4-6,9H,3H2,1-2H3,(H,12,13). The van der Waals surface area contributed by atoms with Gasteiger partial charge in [0.1, 0.15) is 5.75 Å². The molecule has 0 bridgehead atoms. The zero-order valence-electron chi connectivity index (χ0n) is 9.56. The first-order valence-electron chi connectivity index (χ1n) is 5.23. The quantitative estimate of drug-likeness (QED) is 0.861. The normalized spacial score (nSPS) is 19.2. The van der Waals surface area contributed by atoms with E-state index in [1.165, 1.54) is 12.1 Å². The summed E-state index contributed by atoms with van der Waals surface area (Å²) >= 11 is 0. The van der Waals surface area contributed by atoms with Gasteiger partial charge < -0.3 is 10.1 Å². The van der Waals surface area contributed by atoms with E-state index in [-0.39, 0.29) is 10.8 Å². The molecule has 1 N–H and O–H groups in total. The van der Waals surface area contributed by atoms with Gasteiger partial charge in [-0.3, -0.25) is 4.79 Å². The summed E-state index contributed by atoms with van der Waals surface area (Å²) in [5, 5.41) is 2.64. The minimum absolute atomic E-state index is 0.162. The largest absolute Gasteiger partial charge is 0.478 e. The maximum Gasteiger partial charge on any atom is 0.265 e. The summed E-state index contributed by atoms with van der Waals surface area (Å²) in [6, 6.07) is 4.45. The van der Waals surface area contributed by atoms with E-state index in [0.717, 1.165) is 6.26 Å². The summed E-state index contributed by atoms with van der Waals surface area (Å²) in [5.74, 6) is 0.259. The predicted octanol–water partition coefficient (Wildman–Crippen LogP) is 1.20. The fourth-order valence-electron chi connectivity index (χ4n) is 1.63. The third-order valence-corrected chi connectivity index (χ3v) is 3.68. The van der Waals surface area contributed by atoms with Crippen molar-refractivity contribution in [3.8, 4) is 5.75 Å². The summed E-state index contributed by atoms with van der Waals surface area (Å²) in [5.41, 5.74) is 0.405. The Morgan fingerprint density at radius 1 is 1.41 bits per heavy atom. The van der Waals surface area contributed by atoms with Crippen molar-refractivity contribution >= 4 is 21.4 Å². The van der Waals surface area contributed by atoms with E-state index in [4.69, 9.17) is 4.74 Å². The molecule has 1 aromatic carbocycles. The van der Waals surface area contributed by atoms with Crippen LogP contribution in [-0.4, -0.2) is 26.7 Å². The molecule has 0 spiro atoms. The molecule has 0 saturated heterocycles. The average Bonchev–Trinajstić information content (AvgIpc) is 2.26. The number of ether oxygens (including phenoxy) is 1. The van der Waals surface area contributed by atoms with Crippen LogP contribution >= 0.6 is 0 Å². The van der Waals surface area contributed by atoms with Crippen LogP contribution in [0.5, 0.6) is 5.75 Å². The van der Waals surface area contributed by atoms with Crippen LogP contribution in [0, 0.1) is 0 Å². The second-order valence-electron chi connectivity index (χ2n) is 3.93. The van der Waals surface area contributed by atoms with Gasteiger partial charge in [-0.2, -0.15) is 0 Å². The van der Waals surface area contributed by atoms with Crippen molar-refractivity contribution < 1.29 is 17.9 Å². The van der Waals surface area contributed by atoms with Gasteiger partial charge in [-0.25, -0.2) is 8.42 Å². The number of fused-ring (bicyclic) bond motifs is 1. The van der Waals surface area contributed by atoms with Crippen molar-refractivity contribution in [3.63, 3.8) is 0 Å². The Kier molecular flexibility index (Phi) is 2.82. The highest BCUT2D eigenvalue weighted by Crippen LogP contribution is 2.32. The van der Waals surface area contributed by atoms with Crippen LogP contribution in [-0.2, 0) is 14.6 Å². The predicted molar refractivity (Wildman–Crippen MR) is 62.9 cm³/mol. The minimum atomic E-state index is -3.28. The Morgan fingerprint density at radius 3 is 2.71 bits per heavy atom. The highest BCUT2D eigenvalue weighted by atomic mass is 32.2. The lowest BCUT2D eigenvalue weighted by Gasteiger charge is -2.25. The fraction of sp³-hybridized carbons (Fsp3) is 0.364. The van der Waals surface area contributed by atoms with Crippen LogP contribution in [0.25, 0.3) is 0 Å². The van der Waals surface area contributed by atoms with Crippen molar-refractivity contribution in [2.75, 3.05) is 11.6 Å². The number of amides is 1. The average molecular weight is 255 g/mol. The molecule has 17 heavy (non-hydrogen) atoms. The van der Waals surface area contributed by atoms with Crippen LogP contribution in [0.3, 0.4) is 0 Å².